The van der Waals surface area contributed by atoms with Crippen LogP contribution in [0.2, 0.25) is 0 Å². The first kappa shape index (κ1) is 15.9. The van der Waals surface area contributed by atoms with Gasteiger partial charge in [-0.05, 0) is 55.7 Å². The smallest absolute Gasteiger partial charge is 0.240 e. The minimum absolute atomic E-state index is 0.117. The zero-order valence-corrected chi connectivity index (χ0v) is 14.5. The molecule has 3 rings (SSSR count). The second-order valence-corrected chi connectivity index (χ2v) is 7.17. The number of anilines is 1. The van der Waals surface area contributed by atoms with E-state index in [0.717, 1.165) is 29.3 Å². The molecule has 1 unspecified atom stereocenters. The summed E-state index contributed by atoms with van der Waals surface area (Å²) in [5.41, 5.74) is 3.56. The lowest BCUT2D eigenvalue weighted by molar-refractivity contribution is -0.117. The average Bonchev–Trinajstić information content (AvgIpc) is 3.00. The van der Waals surface area contributed by atoms with Gasteiger partial charge < -0.3 is 9.64 Å². The van der Waals surface area contributed by atoms with E-state index in [1.54, 1.807) is 18.9 Å². The summed E-state index contributed by atoms with van der Waals surface area (Å²) in [6, 6.07) is 14.1. The number of rotatable bonds is 4. The van der Waals surface area contributed by atoms with Crippen LogP contribution in [0.3, 0.4) is 0 Å². The summed E-state index contributed by atoms with van der Waals surface area (Å²) >= 11 is 1.59. The summed E-state index contributed by atoms with van der Waals surface area (Å²) in [6.45, 7) is 4.84. The second kappa shape index (κ2) is 6.67. The SMILES string of the molecule is COc1ccc(SC(C)C(=O)N2CCc3cccc(C)c32)cc1. The number of methoxy groups -OCH3 is 1. The van der Waals surface area contributed by atoms with Gasteiger partial charge in [0.05, 0.1) is 12.4 Å². The van der Waals surface area contributed by atoms with E-state index in [1.165, 1.54) is 11.1 Å². The lowest BCUT2D eigenvalue weighted by Gasteiger charge is -2.23. The van der Waals surface area contributed by atoms with Crippen LogP contribution in [0.25, 0.3) is 0 Å². The molecule has 0 aromatic heterocycles. The Hall–Kier alpha value is -1.94. The Kier molecular flexibility index (Phi) is 4.62. The largest absolute Gasteiger partial charge is 0.497 e. The zero-order chi connectivity index (χ0) is 16.4. The van der Waals surface area contributed by atoms with Crippen molar-refractivity contribution in [2.75, 3.05) is 18.6 Å². The van der Waals surface area contributed by atoms with E-state index in [1.807, 2.05) is 36.1 Å². The van der Waals surface area contributed by atoms with Crippen molar-refractivity contribution in [3.05, 3.63) is 53.6 Å². The number of nitrogens with zero attached hydrogens (tertiary/aromatic N) is 1. The van der Waals surface area contributed by atoms with Gasteiger partial charge in [-0.2, -0.15) is 0 Å². The minimum Gasteiger partial charge on any atom is -0.497 e. The van der Waals surface area contributed by atoms with Gasteiger partial charge in [-0.3, -0.25) is 4.79 Å². The number of aryl methyl sites for hydroxylation is 1. The number of carbonyl (C=O) groups is 1. The fourth-order valence-electron chi connectivity index (χ4n) is 3.00. The van der Waals surface area contributed by atoms with E-state index >= 15 is 0 Å². The van der Waals surface area contributed by atoms with Crippen LogP contribution in [0.15, 0.2) is 47.4 Å². The van der Waals surface area contributed by atoms with Crippen molar-refractivity contribution in [2.45, 2.75) is 30.4 Å². The molecule has 1 aliphatic rings. The molecule has 0 aliphatic carbocycles. The summed E-state index contributed by atoms with van der Waals surface area (Å²) in [5.74, 6) is 1.01. The third kappa shape index (κ3) is 3.22. The molecule has 0 spiro atoms. The summed E-state index contributed by atoms with van der Waals surface area (Å²) < 4.78 is 5.17. The molecular formula is C19H21NO2S. The summed E-state index contributed by atoms with van der Waals surface area (Å²) in [5, 5.41) is -0.117. The van der Waals surface area contributed by atoms with E-state index < -0.39 is 0 Å². The maximum Gasteiger partial charge on any atom is 0.240 e. The topological polar surface area (TPSA) is 29.5 Å². The quantitative estimate of drug-likeness (QED) is 0.793. The van der Waals surface area contributed by atoms with Crippen molar-refractivity contribution in [1.82, 2.24) is 0 Å². The van der Waals surface area contributed by atoms with E-state index in [4.69, 9.17) is 4.74 Å². The summed E-state index contributed by atoms with van der Waals surface area (Å²) in [6.07, 6.45) is 0.947. The molecule has 1 amide bonds. The predicted octanol–water partition coefficient (Wildman–Crippen LogP) is 4.07. The standard InChI is InChI=1S/C19H21NO2S/c1-13-5-4-6-15-11-12-20(18(13)15)19(21)14(2)23-17-9-7-16(22-3)8-10-17/h4-10,14H,11-12H2,1-3H3. The highest BCUT2D eigenvalue weighted by Gasteiger charge is 2.29. The van der Waals surface area contributed by atoms with Crippen LogP contribution in [-0.4, -0.2) is 24.8 Å². The molecule has 0 saturated heterocycles. The Morgan fingerprint density at radius 1 is 1.22 bits per heavy atom. The van der Waals surface area contributed by atoms with Gasteiger partial charge in [-0.25, -0.2) is 0 Å². The first-order chi connectivity index (χ1) is 11.1. The number of hydrogen-bond acceptors (Lipinski definition) is 3. The lowest BCUT2D eigenvalue weighted by atomic mass is 10.1. The molecule has 3 nitrogen and oxygen atoms in total. The van der Waals surface area contributed by atoms with Gasteiger partial charge in [0.15, 0.2) is 0 Å². The molecular weight excluding hydrogens is 306 g/mol. The Morgan fingerprint density at radius 3 is 2.65 bits per heavy atom. The Morgan fingerprint density at radius 2 is 1.96 bits per heavy atom. The first-order valence-corrected chi connectivity index (χ1v) is 8.68. The fourth-order valence-corrected chi connectivity index (χ4v) is 3.93. The van der Waals surface area contributed by atoms with E-state index in [9.17, 15) is 4.79 Å². The van der Waals surface area contributed by atoms with Crippen LogP contribution < -0.4 is 9.64 Å². The molecule has 0 N–H and O–H groups in total. The summed E-state index contributed by atoms with van der Waals surface area (Å²) in [7, 11) is 1.65. The van der Waals surface area contributed by atoms with E-state index in [2.05, 4.69) is 25.1 Å². The van der Waals surface area contributed by atoms with Crippen molar-refractivity contribution >= 4 is 23.4 Å². The van der Waals surface area contributed by atoms with Crippen molar-refractivity contribution < 1.29 is 9.53 Å². The van der Waals surface area contributed by atoms with Crippen LogP contribution in [0, 0.1) is 6.92 Å². The van der Waals surface area contributed by atoms with Gasteiger partial charge in [-0.15, -0.1) is 11.8 Å². The third-order valence-corrected chi connectivity index (χ3v) is 5.28. The fraction of sp³-hybridized carbons (Fsp3) is 0.316. The number of benzene rings is 2. The molecule has 0 saturated carbocycles. The number of para-hydroxylation sites is 1. The normalized spacial score (nSPS) is 14.5. The highest BCUT2D eigenvalue weighted by Crippen LogP contribution is 2.34. The number of carbonyl (C=O) groups excluding carboxylic acids is 1. The molecule has 1 aliphatic heterocycles. The molecule has 0 fully saturated rings. The first-order valence-electron chi connectivity index (χ1n) is 7.80. The highest BCUT2D eigenvalue weighted by atomic mass is 32.2. The molecule has 1 atom stereocenters. The molecule has 120 valence electrons. The van der Waals surface area contributed by atoms with Crippen LogP contribution >= 0.6 is 11.8 Å². The van der Waals surface area contributed by atoms with Gasteiger partial charge in [0.2, 0.25) is 5.91 Å². The van der Waals surface area contributed by atoms with Crippen molar-refractivity contribution in [2.24, 2.45) is 0 Å². The Labute approximate surface area is 141 Å². The Bertz CT molecular complexity index is 712. The van der Waals surface area contributed by atoms with Crippen LogP contribution in [0.4, 0.5) is 5.69 Å². The molecule has 4 heteroatoms. The molecule has 2 aromatic carbocycles. The summed E-state index contributed by atoms with van der Waals surface area (Å²) in [4.78, 5) is 15.9. The zero-order valence-electron chi connectivity index (χ0n) is 13.7. The maximum atomic E-state index is 12.9. The van der Waals surface area contributed by atoms with Crippen LogP contribution in [0.5, 0.6) is 5.75 Å². The predicted molar refractivity (Wildman–Crippen MR) is 95.5 cm³/mol. The third-order valence-electron chi connectivity index (χ3n) is 4.18. The van der Waals surface area contributed by atoms with Gasteiger partial charge in [-0.1, -0.05) is 18.2 Å². The highest BCUT2D eigenvalue weighted by molar-refractivity contribution is 8.00. The number of hydrogen-bond donors (Lipinski definition) is 0. The molecule has 23 heavy (non-hydrogen) atoms. The second-order valence-electron chi connectivity index (χ2n) is 5.76. The van der Waals surface area contributed by atoms with Gasteiger partial charge in [0, 0.05) is 17.1 Å². The van der Waals surface area contributed by atoms with Crippen LogP contribution in [-0.2, 0) is 11.2 Å². The van der Waals surface area contributed by atoms with Crippen molar-refractivity contribution in [3.8, 4) is 5.75 Å². The van der Waals surface area contributed by atoms with Gasteiger partial charge >= 0.3 is 0 Å². The monoisotopic (exact) mass is 327 g/mol. The lowest BCUT2D eigenvalue weighted by Crippen LogP contribution is -2.35. The number of amides is 1. The number of fused-ring (bicyclic) bond motifs is 1. The van der Waals surface area contributed by atoms with E-state index in [-0.39, 0.29) is 11.2 Å². The van der Waals surface area contributed by atoms with E-state index in [0.29, 0.717) is 0 Å². The van der Waals surface area contributed by atoms with Crippen molar-refractivity contribution in [1.29, 1.82) is 0 Å². The maximum absolute atomic E-state index is 12.9. The molecule has 2 aromatic rings. The molecule has 0 bridgehead atoms. The minimum atomic E-state index is -0.117. The Balaban J connectivity index is 1.74. The molecule has 1 heterocycles. The molecule has 0 radical (unpaired) electrons. The van der Waals surface area contributed by atoms with Crippen molar-refractivity contribution in [3.63, 3.8) is 0 Å². The van der Waals surface area contributed by atoms with Gasteiger partial charge in [0.1, 0.15) is 5.75 Å². The number of thioether (sulfide) groups is 1. The average molecular weight is 327 g/mol. The van der Waals surface area contributed by atoms with Gasteiger partial charge in [0.25, 0.3) is 0 Å². The number of ether oxygens (including phenoxy) is 1. The van der Waals surface area contributed by atoms with Crippen LogP contribution in [0.1, 0.15) is 18.1 Å².